The van der Waals surface area contributed by atoms with Crippen LogP contribution in [0.1, 0.15) is 37.3 Å². The summed E-state index contributed by atoms with van der Waals surface area (Å²) in [6, 6.07) is 4.88. The van der Waals surface area contributed by atoms with Crippen molar-refractivity contribution >= 4 is 11.9 Å². The fraction of sp³-hybridized carbons (Fsp3) is 0.375. The number of nitrogens with one attached hydrogen (secondary N) is 1. The van der Waals surface area contributed by atoms with Gasteiger partial charge in [-0.15, -0.1) is 0 Å². The molecule has 2 unspecified atom stereocenters. The molecule has 1 aliphatic rings. The molecule has 0 radical (unpaired) electrons. The molecule has 0 saturated heterocycles. The average molecular weight is 291 g/mol. The van der Waals surface area contributed by atoms with Gasteiger partial charge in [0.25, 0.3) is 0 Å². The summed E-state index contributed by atoms with van der Waals surface area (Å²) in [7, 11) is 0. The Balaban J connectivity index is 2.01. The molecule has 21 heavy (non-hydrogen) atoms. The summed E-state index contributed by atoms with van der Waals surface area (Å²) >= 11 is 0. The summed E-state index contributed by atoms with van der Waals surface area (Å²) in [5, 5.41) is 11.7. The summed E-state index contributed by atoms with van der Waals surface area (Å²) in [5.74, 6) is -1.36. The van der Waals surface area contributed by atoms with Gasteiger partial charge in [-0.2, -0.15) is 0 Å². The van der Waals surface area contributed by atoms with E-state index in [2.05, 4.69) is 5.32 Å². The molecule has 2 N–H and O–H groups in total. The first-order chi connectivity index (χ1) is 10.0. The van der Waals surface area contributed by atoms with Crippen molar-refractivity contribution in [1.82, 2.24) is 5.32 Å². The maximum Gasteiger partial charge on any atom is 0.305 e. The van der Waals surface area contributed by atoms with Crippen LogP contribution in [0.15, 0.2) is 36.4 Å². The van der Waals surface area contributed by atoms with Gasteiger partial charge in [-0.3, -0.25) is 9.59 Å². The summed E-state index contributed by atoms with van der Waals surface area (Å²) in [6.07, 6.45) is 6.13. The lowest BCUT2D eigenvalue weighted by molar-refractivity contribution is -0.137. The average Bonchev–Trinajstić information content (AvgIpc) is 2.91. The van der Waals surface area contributed by atoms with Gasteiger partial charge in [-0.1, -0.05) is 24.3 Å². The van der Waals surface area contributed by atoms with E-state index in [1.54, 1.807) is 0 Å². The number of amides is 1. The van der Waals surface area contributed by atoms with Crippen molar-refractivity contribution < 1.29 is 19.1 Å². The highest BCUT2D eigenvalue weighted by molar-refractivity contribution is 5.78. The predicted octanol–water partition coefficient (Wildman–Crippen LogP) is 2.81. The Bertz CT molecular complexity index is 539. The third-order valence-electron chi connectivity index (χ3n) is 3.55. The highest BCUT2D eigenvalue weighted by Gasteiger charge is 2.20. The first kappa shape index (κ1) is 15.2. The molecule has 2 atom stereocenters. The van der Waals surface area contributed by atoms with Crippen LogP contribution < -0.4 is 5.32 Å². The zero-order chi connectivity index (χ0) is 15.2. The SMILES string of the molecule is O=C(O)CC(NC(=O)CC1C=CCC1)c1ccc(F)cc1. The number of carboxylic acid groups (broad SMARTS) is 1. The van der Waals surface area contributed by atoms with Gasteiger partial charge in [-0.25, -0.2) is 4.39 Å². The van der Waals surface area contributed by atoms with Crippen molar-refractivity contribution in [1.29, 1.82) is 0 Å². The van der Waals surface area contributed by atoms with Gasteiger partial charge in [-0.05, 0) is 36.5 Å². The van der Waals surface area contributed by atoms with Gasteiger partial charge in [0.2, 0.25) is 5.91 Å². The van der Waals surface area contributed by atoms with E-state index in [4.69, 9.17) is 5.11 Å². The van der Waals surface area contributed by atoms with E-state index in [9.17, 15) is 14.0 Å². The Morgan fingerprint density at radius 2 is 2.05 bits per heavy atom. The lowest BCUT2D eigenvalue weighted by Crippen LogP contribution is -2.31. The summed E-state index contributed by atoms with van der Waals surface area (Å²) in [6.45, 7) is 0. The highest BCUT2D eigenvalue weighted by atomic mass is 19.1. The van der Waals surface area contributed by atoms with Crippen LogP contribution in [-0.4, -0.2) is 17.0 Å². The van der Waals surface area contributed by atoms with Crippen LogP contribution in [0.25, 0.3) is 0 Å². The highest BCUT2D eigenvalue weighted by Crippen LogP contribution is 2.22. The number of aliphatic carboxylic acids is 1. The first-order valence-electron chi connectivity index (χ1n) is 6.98. The van der Waals surface area contributed by atoms with E-state index >= 15 is 0 Å². The Labute approximate surface area is 122 Å². The molecule has 0 spiro atoms. The largest absolute Gasteiger partial charge is 0.481 e. The second kappa shape index (κ2) is 7.02. The number of rotatable bonds is 6. The molecule has 0 fully saturated rings. The number of carbonyl (C=O) groups is 2. The Morgan fingerprint density at radius 3 is 2.62 bits per heavy atom. The topological polar surface area (TPSA) is 66.4 Å². The molecule has 0 saturated carbocycles. The fourth-order valence-electron chi connectivity index (χ4n) is 2.48. The standard InChI is InChI=1S/C16H18FNO3/c17-13-7-5-12(6-8-13)14(10-16(20)21)18-15(19)9-11-3-1-2-4-11/h1,3,5-8,11,14H,2,4,9-10H2,(H,18,19)(H,20,21). The molecular weight excluding hydrogens is 273 g/mol. The third kappa shape index (κ3) is 4.70. The molecule has 112 valence electrons. The molecule has 0 bridgehead atoms. The fourth-order valence-corrected chi connectivity index (χ4v) is 2.48. The van der Waals surface area contributed by atoms with Gasteiger partial charge >= 0.3 is 5.97 Å². The van der Waals surface area contributed by atoms with Crippen LogP contribution in [0.2, 0.25) is 0 Å². The van der Waals surface area contributed by atoms with E-state index in [0.717, 1.165) is 12.8 Å². The minimum Gasteiger partial charge on any atom is -0.481 e. The van der Waals surface area contributed by atoms with E-state index in [0.29, 0.717) is 12.0 Å². The van der Waals surface area contributed by atoms with E-state index in [-0.39, 0.29) is 18.2 Å². The van der Waals surface area contributed by atoms with Crippen molar-refractivity contribution in [2.45, 2.75) is 31.7 Å². The lowest BCUT2D eigenvalue weighted by Gasteiger charge is -2.18. The molecule has 0 aromatic heterocycles. The van der Waals surface area contributed by atoms with E-state index in [1.165, 1.54) is 24.3 Å². The van der Waals surface area contributed by atoms with Gasteiger partial charge in [0, 0.05) is 6.42 Å². The van der Waals surface area contributed by atoms with Gasteiger partial charge in [0.1, 0.15) is 5.82 Å². The normalized spacial score (nSPS) is 18.4. The van der Waals surface area contributed by atoms with Gasteiger partial charge in [0.05, 0.1) is 12.5 Å². The van der Waals surface area contributed by atoms with Crippen LogP contribution in [0.4, 0.5) is 4.39 Å². The molecule has 2 rings (SSSR count). The summed E-state index contributed by atoms with van der Waals surface area (Å²) < 4.78 is 12.9. The van der Waals surface area contributed by atoms with Crippen LogP contribution in [-0.2, 0) is 9.59 Å². The zero-order valence-electron chi connectivity index (χ0n) is 11.6. The molecule has 1 aromatic carbocycles. The molecule has 1 aromatic rings. The molecule has 1 amide bonds. The zero-order valence-corrected chi connectivity index (χ0v) is 11.6. The molecule has 1 aliphatic carbocycles. The Kier molecular flexibility index (Phi) is 5.09. The maximum absolute atomic E-state index is 12.9. The predicted molar refractivity (Wildman–Crippen MR) is 76.0 cm³/mol. The molecule has 0 aliphatic heterocycles. The van der Waals surface area contributed by atoms with Crippen molar-refractivity contribution in [3.05, 3.63) is 47.8 Å². The number of carboxylic acids is 1. The van der Waals surface area contributed by atoms with Crippen LogP contribution in [0, 0.1) is 11.7 Å². The number of hydrogen-bond donors (Lipinski definition) is 2. The Morgan fingerprint density at radius 1 is 1.33 bits per heavy atom. The minimum absolute atomic E-state index is 0.179. The number of carbonyl (C=O) groups excluding carboxylic acids is 1. The van der Waals surface area contributed by atoms with E-state index in [1.807, 2.05) is 12.2 Å². The van der Waals surface area contributed by atoms with Crippen molar-refractivity contribution in [3.63, 3.8) is 0 Å². The van der Waals surface area contributed by atoms with Crippen LogP contribution in [0.3, 0.4) is 0 Å². The second-order valence-corrected chi connectivity index (χ2v) is 5.24. The number of halogens is 1. The van der Waals surface area contributed by atoms with Crippen molar-refractivity contribution in [3.8, 4) is 0 Å². The Hall–Kier alpha value is -2.17. The van der Waals surface area contributed by atoms with Crippen molar-refractivity contribution in [2.24, 2.45) is 5.92 Å². The molecular formula is C16H18FNO3. The molecule has 0 heterocycles. The second-order valence-electron chi connectivity index (χ2n) is 5.24. The molecule has 5 heteroatoms. The third-order valence-corrected chi connectivity index (χ3v) is 3.55. The van der Waals surface area contributed by atoms with Crippen molar-refractivity contribution in [2.75, 3.05) is 0 Å². The van der Waals surface area contributed by atoms with Gasteiger partial charge in [0.15, 0.2) is 0 Å². The monoisotopic (exact) mass is 291 g/mol. The smallest absolute Gasteiger partial charge is 0.305 e. The van der Waals surface area contributed by atoms with E-state index < -0.39 is 17.8 Å². The summed E-state index contributed by atoms with van der Waals surface area (Å²) in [4.78, 5) is 23.0. The van der Waals surface area contributed by atoms with Crippen LogP contribution in [0.5, 0.6) is 0 Å². The minimum atomic E-state index is -1.01. The lowest BCUT2D eigenvalue weighted by atomic mass is 10.0. The van der Waals surface area contributed by atoms with Crippen LogP contribution >= 0.6 is 0 Å². The maximum atomic E-state index is 12.9. The quantitative estimate of drug-likeness (QED) is 0.792. The number of benzene rings is 1. The summed E-state index contributed by atoms with van der Waals surface area (Å²) in [5.41, 5.74) is 0.592. The first-order valence-corrected chi connectivity index (χ1v) is 6.98. The van der Waals surface area contributed by atoms with Gasteiger partial charge < -0.3 is 10.4 Å². The number of allylic oxidation sites excluding steroid dienone is 2. The molecule has 4 nitrogen and oxygen atoms in total. The number of hydrogen-bond acceptors (Lipinski definition) is 2.